The number of piperidine rings is 1. The molecule has 7 nitrogen and oxygen atoms in total. The van der Waals surface area contributed by atoms with Crippen LogP contribution in [-0.2, 0) is 0 Å². The van der Waals surface area contributed by atoms with Gasteiger partial charge in [0.15, 0.2) is 0 Å². The molecule has 7 heteroatoms. The fourth-order valence-corrected chi connectivity index (χ4v) is 1.96. The molecule has 0 spiro atoms. The molecule has 1 aromatic heterocycles. The lowest BCUT2D eigenvalue weighted by atomic mass is 9.83. The lowest BCUT2D eigenvalue weighted by Gasteiger charge is -2.36. The molecular weight excluding hydrogens is 232 g/mol. The Morgan fingerprint density at radius 3 is 2.44 bits per heavy atom. The number of nitrogen functional groups attached to an aromatic ring is 1. The molecule has 1 aliphatic rings. The molecule has 2 heterocycles. The van der Waals surface area contributed by atoms with Crippen molar-refractivity contribution in [2.24, 2.45) is 11.3 Å². The van der Waals surface area contributed by atoms with Crippen LogP contribution in [0.5, 0.6) is 6.01 Å². The largest absolute Gasteiger partial charge is 0.467 e. The van der Waals surface area contributed by atoms with Gasteiger partial charge in [-0.3, -0.25) is 5.43 Å². The molecule has 1 fully saturated rings. The molecule has 0 amide bonds. The van der Waals surface area contributed by atoms with Crippen LogP contribution in [-0.4, -0.2) is 35.2 Å². The summed E-state index contributed by atoms with van der Waals surface area (Å²) in [6, 6.07) is 0.276. The van der Waals surface area contributed by atoms with Crippen LogP contribution < -0.4 is 20.9 Å². The van der Waals surface area contributed by atoms with Gasteiger partial charge in [-0.25, -0.2) is 5.84 Å². The molecule has 0 aromatic carbocycles. The van der Waals surface area contributed by atoms with Crippen LogP contribution in [0.2, 0.25) is 0 Å². The van der Waals surface area contributed by atoms with Crippen LogP contribution in [0.4, 0.5) is 11.9 Å². The Balaban J connectivity index is 2.18. The number of anilines is 2. The van der Waals surface area contributed by atoms with E-state index in [4.69, 9.17) is 10.6 Å². The van der Waals surface area contributed by atoms with E-state index in [1.165, 1.54) is 7.11 Å². The Bertz CT molecular complexity index is 390. The molecule has 0 saturated carbocycles. The van der Waals surface area contributed by atoms with E-state index in [9.17, 15) is 0 Å². The summed E-state index contributed by atoms with van der Waals surface area (Å²) in [4.78, 5) is 14.6. The molecule has 0 atom stereocenters. The molecule has 3 N–H and O–H groups in total. The molecule has 1 aliphatic heterocycles. The Morgan fingerprint density at radius 2 is 1.89 bits per heavy atom. The standard InChI is InChI=1S/C11H20N6O/c1-11(2)4-6-17(7-5-11)9-13-8(16-12)14-10(15-9)18-3/h4-7,12H2,1-3H3,(H,13,14,15,16). The number of nitrogens with one attached hydrogen (secondary N) is 1. The van der Waals surface area contributed by atoms with Gasteiger partial charge in [-0.05, 0) is 18.3 Å². The number of hydrogen-bond donors (Lipinski definition) is 2. The van der Waals surface area contributed by atoms with Gasteiger partial charge in [-0.2, -0.15) is 15.0 Å². The van der Waals surface area contributed by atoms with Crippen LogP contribution in [0, 0.1) is 5.41 Å². The predicted octanol–water partition coefficient (Wildman–Crippen LogP) is 0.792. The van der Waals surface area contributed by atoms with Crippen molar-refractivity contribution in [3.8, 4) is 6.01 Å². The predicted molar refractivity (Wildman–Crippen MR) is 69.4 cm³/mol. The zero-order valence-corrected chi connectivity index (χ0v) is 11.1. The minimum atomic E-state index is 0.276. The summed E-state index contributed by atoms with van der Waals surface area (Å²) < 4.78 is 5.04. The van der Waals surface area contributed by atoms with E-state index in [2.05, 4.69) is 39.1 Å². The van der Waals surface area contributed by atoms with E-state index < -0.39 is 0 Å². The van der Waals surface area contributed by atoms with Gasteiger partial charge in [0.25, 0.3) is 0 Å². The molecular formula is C11H20N6O. The van der Waals surface area contributed by atoms with E-state index in [1.807, 2.05) is 0 Å². The SMILES string of the molecule is COc1nc(NN)nc(N2CCC(C)(C)CC2)n1. The second-order valence-corrected chi connectivity index (χ2v) is 5.24. The lowest BCUT2D eigenvalue weighted by Crippen LogP contribution is -2.38. The van der Waals surface area contributed by atoms with Crippen molar-refractivity contribution in [3.05, 3.63) is 0 Å². The highest BCUT2D eigenvalue weighted by atomic mass is 16.5. The molecule has 1 saturated heterocycles. The Hall–Kier alpha value is -1.63. The van der Waals surface area contributed by atoms with Gasteiger partial charge in [0.1, 0.15) is 0 Å². The normalized spacial score (nSPS) is 18.6. The third-order valence-electron chi connectivity index (χ3n) is 3.31. The van der Waals surface area contributed by atoms with Gasteiger partial charge in [-0.15, -0.1) is 0 Å². The first kappa shape index (κ1) is 12.8. The highest BCUT2D eigenvalue weighted by Gasteiger charge is 2.27. The molecule has 0 radical (unpaired) electrons. The van der Waals surface area contributed by atoms with Gasteiger partial charge in [0, 0.05) is 13.1 Å². The highest BCUT2D eigenvalue weighted by molar-refractivity contribution is 5.38. The third kappa shape index (κ3) is 2.79. The van der Waals surface area contributed by atoms with Crippen molar-refractivity contribution in [3.63, 3.8) is 0 Å². The number of rotatable bonds is 3. The molecule has 0 unspecified atom stereocenters. The zero-order chi connectivity index (χ0) is 13.2. The first-order valence-corrected chi connectivity index (χ1v) is 6.06. The fraction of sp³-hybridized carbons (Fsp3) is 0.727. The van der Waals surface area contributed by atoms with E-state index >= 15 is 0 Å². The van der Waals surface area contributed by atoms with Crippen LogP contribution in [0.3, 0.4) is 0 Å². The number of nitrogens with two attached hydrogens (primary N) is 1. The summed E-state index contributed by atoms with van der Waals surface area (Å²) >= 11 is 0. The van der Waals surface area contributed by atoms with Gasteiger partial charge >= 0.3 is 6.01 Å². The monoisotopic (exact) mass is 252 g/mol. The smallest absolute Gasteiger partial charge is 0.322 e. The van der Waals surface area contributed by atoms with Crippen molar-refractivity contribution >= 4 is 11.9 Å². The molecule has 100 valence electrons. The number of hydrazine groups is 1. The summed E-state index contributed by atoms with van der Waals surface area (Å²) in [5.41, 5.74) is 2.82. The van der Waals surface area contributed by atoms with Crippen LogP contribution >= 0.6 is 0 Å². The van der Waals surface area contributed by atoms with Crippen LogP contribution in [0.15, 0.2) is 0 Å². The van der Waals surface area contributed by atoms with E-state index in [-0.39, 0.29) is 6.01 Å². The minimum absolute atomic E-state index is 0.276. The lowest BCUT2D eigenvalue weighted by molar-refractivity contribution is 0.277. The number of aromatic nitrogens is 3. The highest BCUT2D eigenvalue weighted by Crippen LogP contribution is 2.31. The second kappa shape index (κ2) is 4.93. The molecule has 1 aromatic rings. The van der Waals surface area contributed by atoms with Gasteiger partial charge in [-0.1, -0.05) is 13.8 Å². The van der Waals surface area contributed by atoms with Crippen molar-refractivity contribution < 1.29 is 4.74 Å². The Labute approximate surface area is 107 Å². The average molecular weight is 252 g/mol. The average Bonchev–Trinajstić information content (AvgIpc) is 2.38. The maximum atomic E-state index is 5.34. The second-order valence-electron chi connectivity index (χ2n) is 5.24. The van der Waals surface area contributed by atoms with Crippen LogP contribution in [0.1, 0.15) is 26.7 Å². The van der Waals surface area contributed by atoms with Gasteiger partial charge < -0.3 is 9.64 Å². The zero-order valence-electron chi connectivity index (χ0n) is 11.1. The molecule has 0 bridgehead atoms. The molecule has 0 aliphatic carbocycles. The van der Waals surface area contributed by atoms with Crippen molar-refractivity contribution in [1.82, 2.24) is 15.0 Å². The van der Waals surface area contributed by atoms with E-state index in [1.54, 1.807) is 0 Å². The van der Waals surface area contributed by atoms with E-state index in [0.717, 1.165) is 25.9 Å². The van der Waals surface area contributed by atoms with E-state index in [0.29, 0.717) is 17.3 Å². The van der Waals surface area contributed by atoms with Crippen molar-refractivity contribution in [2.45, 2.75) is 26.7 Å². The van der Waals surface area contributed by atoms with Crippen molar-refractivity contribution in [1.29, 1.82) is 0 Å². The number of methoxy groups -OCH3 is 1. The molecule has 2 rings (SSSR count). The minimum Gasteiger partial charge on any atom is -0.467 e. The fourth-order valence-electron chi connectivity index (χ4n) is 1.96. The Kier molecular flexibility index (Phi) is 3.51. The molecule has 18 heavy (non-hydrogen) atoms. The topological polar surface area (TPSA) is 89.2 Å². The van der Waals surface area contributed by atoms with Gasteiger partial charge in [0.2, 0.25) is 11.9 Å². The first-order valence-electron chi connectivity index (χ1n) is 6.06. The summed E-state index contributed by atoms with van der Waals surface area (Å²) in [6.45, 7) is 6.44. The summed E-state index contributed by atoms with van der Waals surface area (Å²) in [5.74, 6) is 6.28. The number of ether oxygens (including phenoxy) is 1. The Morgan fingerprint density at radius 1 is 1.22 bits per heavy atom. The summed E-state index contributed by atoms with van der Waals surface area (Å²) in [5, 5.41) is 0. The quantitative estimate of drug-likeness (QED) is 0.607. The van der Waals surface area contributed by atoms with Crippen molar-refractivity contribution in [2.75, 3.05) is 30.5 Å². The number of nitrogens with zero attached hydrogens (tertiary/aromatic N) is 4. The maximum Gasteiger partial charge on any atom is 0.322 e. The first-order chi connectivity index (χ1) is 8.54. The number of hydrogen-bond acceptors (Lipinski definition) is 7. The van der Waals surface area contributed by atoms with Gasteiger partial charge in [0.05, 0.1) is 7.11 Å². The third-order valence-corrected chi connectivity index (χ3v) is 3.31. The summed E-state index contributed by atoms with van der Waals surface area (Å²) in [6.07, 6.45) is 2.23. The summed E-state index contributed by atoms with van der Waals surface area (Å²) in [7, 11) is 1.53. The maximum absolute atomic E-state index is 5.34. The van der Waals surface area contributed by atoms with Crippen LogP contribution in [0.25, 0.3) is 0 Å².